The molecule has 3 rings (SSSR count). The van der Waals surface area contributed by atoms with E-state index in [4.69, 9.17) is 4.74 Å². The maximum Gasteiger partial charge on any atom is 0.271 e. The normalized spacial score (nSPS) is 28.3. The van der Waals surface area contributed by atoms with Gasteiger partial charge >= 0.3 is 0 Å². The number of fused-ring (bicyclic) bond motifs is 1. The highest BCUT2D eigenvalue weighted by Gasteiger charge is 2.42. The van der Waals surface area contributed by atoms with Crippen LogP contribution in [-0.2, 0) is 14.8 Å². The minimum Gasteiger partial charge on any atom is -0.376 e. The van der Waals surface area contributed by atoms with Crippen molar-refractivity contribution in [2.45, 2.75) is 12.5 Å². The number of carbonyl (C=O) groups is 1. The number of ether oxygens (including phenoxy) is 1. The summed E-state index contributed by atoms with van der Waals surface area (Å²) in [7, 11) is -3.19. The number of sulfonamides is 1. The Morgan fingerprint density at radius 1 is 1.48 bits per heavy atom. The van der Waals surface area contributed by atoms with E-state index in [2.05, 4.69) is 15.3 Å². The molecule has 9 heteroatoms. The first-order valence-corrected chi connectivity index (χ1v) is 9.41. The lowest BCUT2D eigenvalue weighted by Gasteiger charge is -2.34. The maximum absolute atomic E-state index is 12.0. The van der Waals surface area contributed by atoms with Crippen LogP contribution in [0.1, 0.15) is 16.9 Å². The van der Waals surface area contributed by atoms with Gasteiger partial charge in [-0.05, 0) is 12.3 Å². The van der Waals surface area contributed by atoms with Crippen LogP contribution in [0, 0.1) is 11.8 Å². The van der Waals surface area contributed by atoms with Gasteiger partial charge in [0, 0.05) is 37.9 Å². The Kier molecular flexibility index (Phi) is 4.60. The Morgan fingerprint density at radius 2 is 2.30 bits per heavy atom. The van der Waals surface area contributed by atoms with Gasteiger partial charge in [-0.2, -0.15) is 0 Å². The zero-order valence-corrected chi connectivity index (χ0v) is 13.7. The summed E-state index contributed by atoms with van der Waals surface area (Å²) in [6.45, 7) is 1.96. The van der Waals surface area contributed by atoms with Gasteiger partial charge in [-0.1, -0.05) is 0 Å². The van der Waals surface area contributed by atoms with E-state index in [9.17, 15) is 13.2 Å². The molecular weight excluding hydrogens is 320 g/mol. The van der Waals surface area contributed by atoms with E-state index in [1.807, 2.05) is 0 Å². The van der Waals surface area contributed by atoms with Gasteiger partial charge in [0.25, 0.3) is 5.91 Å². The van der Waals surface area contributed by atoms with Crippen molar-refractivity contribution >= 4 is 15.9 Å². The van der Waals surface area contributed by atoms with Crippen LogP contribution in [0.3, 0.4) is 0 Å². The van der Waals surface area contributed by atoms with Crippen LogP contribution in [0.25, 0.3) is 0 Å². The molecule has 1 N–H and O–H groups in total. The van der Waals surface area contributed by atoms with E-state index < -0.39 is 10.0 Å². The molecule has 2 aliphatic heterocycles. The molecule has 3 heterocycles. The molecule has 3 atom stereocenters. The standard InChI is InChI=1S/C14H20N4O4S/c1-23(20,21)18-5-2-10-9-22-13(11(10)8-18)7-17-14(19)12-6-15-3-4-16-12/h3-4,6,10-11,13H,2,5,7-9H2,1H3,(H,17,19)/t10-,11-,13+/m0/s1. The molecule has 2 aliphatic rings. The summed E-state index contributed by atoms with van der Waals surface area (Å²) in [5.41, 5.74) is 0.253. The first kappa shape index (κ1) is 16.3. The van der Waals surface area contributed by atoms with Crippen molar-refractivity contribution in [3.05, 3.63) is 24.3 Å². The van der Waals surface area contributed by atoms with E-state index in [0.717, 1.165) is 6.42 Å². The number of hydrogen-bond acceptors (Lipinski definition) is 6. The Morgan fingerprint density at radius 3 is 3.00 bits per heavy atom. The molecule has 0 radical (unpaired) electrons. The molecule has 2 fully saturated rings. The molecule has 8 nitrogen and oxygen atoms in total. The summed E-state index contributed by atoms with van der Waals surface area (Å²) < 4.78 is 30.7. The van der Waals surface area contributed by atoms with Crippen molar-refractivity contribution in [3.8, 4) is 0 Å². The van der Waals surface area contributed by atoms with Crippen molar-refractivity contribution in [1.82, 2.24) is 19.6 Å². The lowest BCUT2D eigenvalue weighted by molar-refractivity contribution is 0.0748. The fourth-order valence-corrected chi connectivity index (χ4v) is 4.09. The van der Waals surface area contributed by atoms with E-state index in [1.165, 1.54) is 29.2 Å². The predicted molar refractivity (Wildman–Crippen MR) is 82.1 cm³/mol. The highest BCUT2D eigenvalue weighted by Crippen LogP contribution is 2.34. The second-order valence-corrected chi connectivity index (χ2v) is 7.99. The molecule has 23 heavy (non-hydrogen) atoms. The van der Waals surface area contributed by atoms with Gasteiger partial charge in [0.2, 0.25) is 10.0 Å². The average Bonchev–Trinajstić information content (AvgIpc) is 2.95. The molecule has 0 unspecified atom stereocenters. The number of amides is 1. The number of nitrogens with one attached hydrogen (secondary N) is 1. The van der Waals surface area contributed by atoms with E-state index in [-0.39, 0.29) is 23.6 Å². The maximum atomic E-state index is 12.0. The van der Waals surface area contributed by atoms with Crippen molar-refractivity contribution < 1.29 is 17.9 Å². The molecule has 1 aromatic heterocycles. The molecule has 2 saturated heterocycles. The molecule has 0 saturated carbocycles. The molecule has 0 aliphatic carbocycles. The Hall–Kier alpha value is -1.58. The summed E-state index contributed by atoms with van der Waals surface area (Å²) in [6, 6.07) is 0. The van der Waals surface area contributed by atoms with Crippen LogP contribution in [0.2, 0.25) is 0 Å². The number of carbonyl (C=O) groups excluding carboxylic acids is 1. The van der Waals surface area contributed by atoms with E-state index in [0.29, 0.717) is 32.2 Å². The summed E-state index contributed by atoms with van der Waals surface area (Å²) in [6.07, 6.45) is 6.22. The van der Waals surface area contributed by atoms with Crippen LogP contribution in [0.4, 0.5) is 0 Å². The molecular formula is C14H20N4O4S. The second kappa shape index (κ2) is 6.50. The number of nitrogens with zero attached hydrogens (tertiary/aromatic N) is 3. The third kappa shape index (κ3) is 3.67. The van der Waals surface area contributed by atoms with Crippen molar-refractivity contribution in [2.75, 3.05) is 32.5 Å². The smallest absolute Gasteiger partial charge is 0.271 e. The van der Waals surface area contributed by atoms with Crippen LogP contribution in [-0.4, -0.2) is 67.2 Å². The van der Waals surface area contributed by atoms with E-state index >= 15 is 0 Å². The molecule has 0 aromatic carbocycles. The summed E-state index contributed by atoms with van der Waals surface area (Å²) >= 11 is 0. The van der Waals surface area contributed by atoms with E-state index in [1.54, 1.807) is 0 Å². The fourth-order valence-electron chi connectivity index (χ4n) is 3.21. The Balaban J connectivity index is 1.59. The SMILES string of the molecule is CS(=O)(=O)N1CC[C@H]2CO[C@H](CNC(=O)c3cnccn3)[C@H]2C1. The monoisotopic (exact) mass is 340 g/mol. The summed E-state index contributed by atoms with van der Waals surface area (Å²) in [4.78, 5) is 19.8. The van der Waals surface area contributed by atoms with Gasteiger partial charge in [-0.25, -0.2) is 17.7 Å². The van der Waals surface area contributed by atoms with Crippen molar-refractivity contribution in [3.63, 3.8) is 0 Å². The van der Waals surface area contributed by atoms with Crippen LogP contribution in [0.5, 0.6) is 0 Å². The number of rotatable bonds is 4. The Bertz CT molecular complexity index is 667. The summed E-state index contributed by atoms with van der Waals surface area (Å²) in [5.74, 6) is 0.160. The number of hydrogen-bond donors (Lipinski definition) is 1. The van der Waals surface area contributed by atoms with Crippen LogP contribution >= 0.6 is 0 Å². The summed E-state index contributed by atoms with van der Waals surface area (Å²) in [5, 5.41) is 2.79. The first-order valence-electron chi connectivity index (χ1n) is 7.56. The highest BCUT2D eigenvalue weighted by atomic mass is 32.2. The topological polar surface area (TPSA) is 101 Å². The van der Waals surface area contributed by atoms with Crippen LogP contribution < -0.4 is 5.32 Å². The number of aromatic nitrogens is 2. The van der Waals surface area contributed by atoms with Gasteiger partial charge in [0.15, 0.2) is 0 Å². The van der Waals surface area contributed by atoms with Crippen molar-refractivity contribution in [2.24, 2.45) is 11.8 Å². The third-order valence-electron chi connectivity index (χ3n) is 4.50. The molecule has 0 spiro atoms. The molecule has 1 amide bonds. The molecule has 0 bridgehead atoms. The van der Waals surface area contributed by atoms with Gasteiger partial charge in [0.05, 0.1) is 25.2 Å². The second-order valence-electron chi connectivity index (χ2n) is 6.01. The minimum atomic E-state index is -3.19. The largest absolute Gasteiger partial charge is 0.376 e. The minimum absolute atomic E-state index is 0.112. The molecule has 126 valence electrons. The third-order valence-corrected chi connectivity index (χ3v) is 5.77. The van der Waals surface area contributed by atoms with Gasteiger partial charge < -0.3 is 10.1 Å². The van der Waals surface area contributed by atoms with Gasteiger partial charge in [-0.3, -0.25) is 9.78 Å². The van der Waals surface area contributed by atoms with Gasteiger partial charge in [-0.15, -0.1) is 0 Å². The van der Waals surface area contributed by atoms with Crippen molar-refractivity contribution in [1.29, 1.82) is 0 Å². The highest BCUT2D eigenvalue weighted by molar-refractivity contribution is 7.88. The Labute approximate surface area is 135 Å². The molecule has 1 aromatic rings. The zero-order chi connectivity index (χ0) is 16.4. The average molecular weight is 340 g/mol. The lowest BCUT2D eigenvalue weighted by atomic mass is 9.85. The van der Waals surface area contributed by atoms with Gasteiger partial charge in [0.1, 0.15) is 5.69 Å². The zero-order valence-electron chi connectivity index (χ0n) is 12.9. The quantitative estimate of drug-likeness (QED) is 0.793. The van der Waals surface area contributed by atoms with Crippen LogP contribution in [0.15, 0.2) is 18.6 Å². The number of piperidine rings is 1. The fraction of sp³-hybridized carbons (Fsp3) is 0.643. The lowest BCUT2D eigenvalue weighted by Crippen LogP contribution is -2.47. The first-order chi connectivity index (χ1) is 10.9. The predicted octanol–water partition coefficient (Wildman–Crippen LogP) is -0.497.